The van der Waals surface area contributed by atoms with Crippen LogP contribution < -0.4 is 10.1 Å². The molecule has 1 heterocycles. The first kappa shape index (κ1) is 24.1. The van der Waals surface area contributed by atoms with E-state index in [1.165, 1.54) is 24.3 Å². The molecule has 155 valence electrons. The molecule has 1 fully saturated rings. The van der Waals surface area contributed by atoms with E-state index in [9.17, 15) is 39.8 Å². The molecule has 1 aliphatic carbocycles. The Morgan fingerprint density at radius 2 is 1.52 bits per heavy atom. The first-order valence-electron chi connectivity index (χ1n) is 8.16. The van der Waals surface area contributed by atoms with Gasteiger partial charge >= 0.3 is 13.4 Å². The van der Waals surface area contributed by atoms with Crippen LogP contribution in [0.3, 0.4) is 0 Å². The number of aryl methyl sites for hydroxylation is 1. The molecule has 6 N–H and O–H groups in total. The van der Waals surface area contributed by atoms with E-state index in [2.05, 4.69) is 0 Å². The summed E-state index contributed by atoms with van der Waals surface area (Å²) in [6.45, 7) is 1.68. The van der Waals surface area contributed by atoms with Gasteiger partial charge in [0.05, 0.1) is 0 Å². The summed E-state index contributed by atoms with van der Waals surface area (Å²) in [6, 6.07) is 5.25. The third kappa shape index (κ3) is 4.92. The smallest absolute Gasteiger partial charge is 0.423 e. The maximum Gasteiger partial charge on any atom is 0.527 e. The van der Waals surface area contributed by atoms with Crippen molar-refractivity contribution in [2.24, 2.45) is 0 Å². The summed E-state index contributed by atoms with van der Waals surface area (Å²) in [7, 11) is -4.98. The Labute approximate surface area is 175 Å². The van der Waals surface area contributed by atoms with Crippen LogP contribution in [0.15, 0.2) is 33.5 Å². The van der Waals surface area contributed by atoms with Crippen molar-refractivity contribution >= 4 is 37.7 Å². The molecule has 0 aliphatic heterocycles. The minimum Gasteiger partial charge on any atom is -0.423 e. The molecular formula is C16H19LiO11P. The molecule has 0 amide bonds. The van der Waals surface area contributed by atoms with Crippen LogP contribution in [0.25, 0.3) is 11.0 Å². The second-order valence-corrected chi connectivity index (χ2v) is 7.82. The van der Waals surface area contributed by atoms with Crippen molar-refractivity contribution in [3.8, 4) is 5.75 Å². The number of rotatable bonds is 4. The first-order chi connectivity index (χ1) is 13.0. The normalized spacial score (nSPS) is 31.7. The molecule has 1 aliphatic rings. The predicted molar refractivity (Wildman–Crippen MR) is 98.3 cm³/mol. The molecule has 1 radical (unpaired) electrons. The van der Waals surface area contributed by atoms with Crippen LogP contribution >= 0.6 is 7.82 Å². The van der Waals surface area contributed by atoms with E-state index in [0.717, 1.165) is 0 Å². The average molecular weight is 425 g/mol. The zero-order valence-electron chi connectivity index (χ0n) is 15.4. The topological polar surface area (TPSA) is 187 Å². The van der Waals surface area contributed by atoms with Gasteiger partial charge in [0.2, 0.25) is 0 Å². The molecule has 7 atom stereocenters. The van der Waals surface area contributed by atoms with Gasteiger partial charge in [-0.3, -0.25) is 9.42 Å². The number of benzene rings is 1. The van der Waals surface area contributed by atoms with Gasteiger partial charge in [0.25, 0.3) is 0 Å². The van der Waals surface area contributed by atoms with Crippen LogP contribution in [-0.2, 0) is 9.09 Å². The number of hydrogen-bond acceptors (Lipinski definition) is 10. The van der Waals surface area contributed by atoms with E-state index < -0.39 is 50.1 Å². The summed E-state index contributed by atoms with van der Waals surface area (Å²) < 4.78 is 26.9. The Bertz CT molecular complexity index is 963. The van der Waals surface area contributed by atoms with Crippen LogP contribution in [0.2, 0.25) is 0 Å². The zero-order valence-corrected chi connectivity index (χ0v) is 16.3. The van der Waals surface area contributed by atoms with Crippen molar-refractivity contribution in [2.45, 2.75) is 43.5 Å². The third-order valence-corrected chi connectivity index (χ3v) is 5.42. The van der Waals surface area contributed by atoms with Crippen molar-refractivity contribution in [3.63, 3.8) is 0 Å². The Morgan fingerprint density at radius 1 is 0.966 bits per heavy atom. The second kappa shape index (κ2) is 8.87. The number of hydrogen-bond donors (Lipinski definition) is 6. The van der Waals surface area contributed by atoms with Crippen molar-refractivity contribution in [3.05, 3.63) is 40.2 Å². The molecule has 29 heavy (non-hydrogen) atoms. The maximum absolute atomic E-state index is 12.3. The maximum atomic E-state index is 12.3. The molecule has 13 heteroatoms. The minimum atomic E-state index is -4.98. The molecule has 2 aromatic rings. The van der Waals surface area contributed by atoms with Crippen LogP contribution in [0, 0.1) is 6.92 Å². The quantitative estimate of drug-likeness (QED) is 0.188. The predicted octanol–water partition coefficient (Wildman–Crippen LogP) is -1.60. The Morgan fingerprint density at radius 3 is 2.10 bits per heavy atom. The van der Waals surface area contributed by atoms with Crippen LogP contribution in [0.5, 0.6) is 5.75 Å². The number of aliphatic hydroxyl groups excluding tert-OH is 5. The fourth-order valence-corrected chi connectivity index (χ4v) is 3.97. The van der Waals surface area contributed by atoms with Crippen LogP contribution in [0.4, 0.5) is 0 Å². The largest absolute Gasteiger partial charge is 0.527 e. The van der Waals surface area contributed by atoms with Gasteiger partial charge in [0.15, 0.2) is 0 Å². The van der Waals surface area contributed by atoms with E-state index in [-0.39, 0.29) is 30.2 Å². The fraction of sp³-hybridized carbons (Fsp3) is 0.438. The molecule has 0 saturated heterocycles. The van der Waals surface area contributed by atoms with E-state index in [1.54, 1.807) is 6.92 Å². The summed E-state index contributed by atoms with van der Waals surface area (Å²) >= 11 is 0. The van der Waals surface area contributed by atoms with Crippen molar-refractivity contribution in [2.75, 3.05) is 0 Å². The van der Waals surface area contributed by atoms with E-state index >= 15 is 0 Å². The van der Waals surface area contributed by atoms with E-state index in [4.69, 9.17) is 13.5 Å². The molecular weight excluding hydrogens is 406 g/mol. The second-order valence-electron chi connectivity index (χ2n) is 6.49. The van der Waals surface area contributed by atoms with Gasteiger partial charge in [0.1, 0.15) is 48.0 Å². The average Bonchev–Trinajstić information content (AvgIpc) is 2.61. The Hall–Kier alpha value is -1.22. The van der Waals surface area contributed by atoms with Gasteiger partial charge in [-0.15, -0.1) is 0 Å². The van der Waals surface area contributed by atoms with Crippen LogP contribution in [0.1, 0.15) is 5.56 Å². The molecule has 11 nitrogen and oxygen atoms in total. The molecule has 3 unspecified atom stereocenters. The molecule has 3 rings (SSSR count). The zero-order chi connectivity index (χ0) is 20.8. The standard InChI is InChI=1S/C16H19O11P.Li/c1-6-4-10(17)25-9-5-7(2-3-8(6)9)26-28(23,24)27-16-14(21)12(19)11(18)13(20)15(16)22;/h2-5,11-16,18-22H,1H3,(H,23,24);/t11?,12-,13+,14-,15-,16?;/m1./s1. The summed E-state index contributed by atoms with van der Waals surface area (Å²) in [5, 5.41) is 49.2. The molecule has 0 spiro atoms. The van der Waals surface area contributed by atoms with Crippen LogP contribution in [-0.4, -0.2) is 85.9 Å². The Balaban J connectivity index is 0.00000300. The SMILES string of the molecule is Cc1cc(=O)oc2cc(OP(=O)(O)OC3[C@H](O)[C@H](O)C(O)[C@H](O)[C@H]3O)ccc12.[Li]. The molecule has 1 aromatic carbocycles. The molecule has 1 saturated carbocycles. The molecule has 0 bridgehead atoms. The van der Waals surface area contributed by atoms with Crippen molar-refractivity contribution in [1.29, 1.82) is 0 Å². The number of phosphoric ester groups is 1. The van der Waals surface area contributed by atoms with Gasteiger partial charge in [-0.2, -0.15) is 0 Å². The van der Waals surface area contributed by atoms with Gasteiger partial charge in [-0.05, 0) is 24.6 Å². The third-order valence-electron chi connectivity index (χ3n) is 4.47. The number of phosphoric acid groups is 1. The minimum absolute atomic E-state index is 0. The number of aliphatic hydroxyl groups is 5. The fourth-order valence-electron chi connectivity index (χ4n) is 2.99. The summed E-state index contributed by atoms with van der Waals surface area (Å²) in [5.41, 5.74) is 0.0889. The monoisotopic (exact) mass is 425 g/mol. The van der Waals surface area contributed by atoms with Gasteiger partial charge in [0, 0.05) is 36.4 Å². The van der Waals surface area contributed by atoms with E-state index in [1.807, 2.05) is 0 Å². The van der Waals surface area contributed by atoms with Gasteiger partial charge in [-0.1, -0.05) is 0 Å². The first-order valence-corrected chi connectivity index (χ1v) is 9.65. The van der Waals surface area contributed by atoms with Gasteiger partial charge in [-0.25, -0.2) is 9.36 Å². The van der Waals surface area contributed by atoms with Crippen molar-refractivity contribution < 1.29 is 48.5 Å². The summed E-state index contributed by atoms with van der Waals surface area (Å²) in [5.74, 6) is -0.215. The van der Waals surface area contributed by atoms with Gasteiger partial charge < -0.3 is 34.5 Å². The number of fused-ring (bicyclic) bond motifs is 1. The summed E-state index contributed by atoms with van der Waals surface area (Å²) in [6.07, 6.45) is -11.6. The summed E-state index contributed by atoms with van der Waals surface area (Å²) in [4.78, 5) is 21.4. The molecule has 1 aromatic heterocycles. The van der Waals surface area contributed by atoms with Crippen molar-refractivity contribution in [1.82, 2.24) is 0 Å². The van der Waals surface area contributed by atoms with E-state index in [0.29, 0.717) is 10.9 Å². The Kier molecular flexibility index (Phi) is 7.36.